The van der Waals surface area contributed by atoms with Crippen LogP contribution in [0.25, 0.3) is 0 Å². The molecule has 53 heavy (non-hydrogen) atoms. The number of hydrogen-bond donors (Lipinski definition) is 4. The smallest absolute Gasteiger partial charge is 0.328 e. The van der Waals surface area contributed by atoms with Crippen molar-refractivity contribution in [2.45, 2.75) is 206 Å². The number of allylic oxidation sites excluding steroid dienone is 5. The van der Waals surface area contributed by atoms with Gasteiger partial charge in [0.2, 0.25) is 11.8 Å². The van der Waals surface area contributed by atoms with Crippen molar-refractivity contribution in [3.63, 3.8) is 0 Å². The highest BCUT2D eigenvalue weighted by Crippen LogP contribution is 2.16. The van der Waals surface area contributed by atoms with Gasteiger partial charge in [0.05, 0.1) is 13.2 Å². The molecule has 0 aliphatic carbocycles. The second-order valence-electron chi connectivity index (χ2n) is 14.4. The molecule has 2 unspecified atom stereocenters. The van der Waals surface area contributed by atoms with Gasteiger partial charge in [-0.05, 0) is 51.0 Å². The van der Waals surface area contributed by atoms with Crippen LogP contribution in [0.15, 0.2) is 36.5 Å². The van der Waals surface area contributed by atoms with E-state index in [0.717, 1.165) is 57.8 Å². The summed E-state index contributed by atoms with van der Waals surface area (Å²) in [5, 5.41) is 22.5. The first-order chi connectivity index (χ1) is 25.8. The van der Waals surface area contributed by atoms with Crippen molar-refractivity contribution in [3.05, 3.63) is 36.5 Å². The van der Waals surface area contributed by atoms with Gasteiger partial charge in [-0.2, -0.15) is 0 Å². The molecule has 0 radical (unpaired) electrons. The Morgan fingerprint density at radius 2 is 1.06 bits per heavy atom. The van der Waals surface area contributed by atoms with Crippen molar-refractivity contribution in [2.75, 3.05) is 13.2 Å². The standard InChI is InChI=1S/C44H78N2O7/c1-3-5-7-9-11-13-14-15-16-17-18-19-20-21-22-24-26-32-36-43(50)53-39(33-29-25-23-12-10-8-6-4-2)34-30-27-28-31-35-41(48)45-37-42(49)46-40(38-47)44(51)52/h6,8,12,23,29,33,39-40,47H,3-5,7,9-11,13-22,24-28,30-32,34-38H2,1-2H3,(H,45,48)(H,46,49)(H,51,52)/b8-6-,23-12-,33-29-. The molecule has 4 N–H and O–H groups in total. The molecule has 0 aromatic carbocycles. The molecule has 0 aliphatic heterocycles. The number of hydrogen-bond acceptors (Lipinski definition) is 6. The average Bonchev–Trinajstić information content (AvgIpc) is 3.14. The van der Waals surface area contributed by atoms with Crippen LogP contribution in [0, 0.1) is 0 Å². The summed E-state index contributed by atoms with van der Waals surface area (Å²) >= 11 is 0. The van der Waals surface area contributed by atoms with Gasteiger partial charge in [0, 0.05) is 12.8 Å². The quantitative estimate of drug-likeness (QED) is 0.0280. The maximum atomic E-state index is 12.7. The third-order valence-corrected chi connectivity index (χ3v) is 9.39. The highest BCUT2D eigenvalue weighted by Gasteiger charge is 2.18. The molecule has 2 amide bonds. The monoisotopic (exact) mass is 747 g/mol. The molecule has 306 valence electrons. The molecule has 0 aromatic heterocycles. The molecule has 0 spiro atoms. The average molecular weight is 747 g/mol. The Hall–Kier alpha value is -2.94. The fourth-order valence-corrected chi connectivity index (χ4v) is 6.12. The minimum atomic E-state index is -1.39. The van der Waals surface area contributed by atoms with E-state index in [-0.39, 0.29) is 30.9 Å². The molecule has 0 fully saturated rings. The van der Waals surface area contributed by atoms with E-state index in [9.17, 15) is 19.2 Å². The zero-order valence-electron chi connectivity index (χ0n) is 33.8. The first kappa shape index (κ1) is 50.1. The Morgan fingerprint density at radius 1 is 0.585 bits per heavy atom. The summed E-state index contributed by atoms with van der Waals surface area (Å²) in [6.07, 6.45) is 43.5. The number of unbranched alkanes of at least 4 members (excludes halogenated alkanes) is 20. The lowest BCUT2D eigenvalue weighted by Crippen LogP contribution is -2.47. The molecular weight excluding hydrogens is 668 g/mol. The van der Waals surface area contributed by atoms with E-state index in [1.165, 1.54) is 103 Å². The second kappa shape index (κ2) is 38.8. The molecule has 0 heterocycles. The molecule has 9 heteroatoms. The van der Waals surface area contributed by atoms with E-state index in [4.69, 9.17) is 14.9 Å². The molecule has 9 nitrogen and oxygen atoms in total. The maximum absolute atomic E-state index is 12.7. The van der Waals surface area contributed by atoms with E-state index in [2.05, 4.69) is 54.9 Å². The first-order valence-electron chi connectivity index (χ1n) is 21.4. The van der Waals surface area contributed by atoms with Gasteiger partial charge in [0.25, 0.3) is 0 Å². The summed E-state index contributed by atoms with van der Waals surface area (Å²) in [6, 6.07) is -1.39. The number of carboxylic acid groups (broad SMARTS) is 1. The highest BCUT2D eigenvalue weighted by molar-refractivity contribution is 5.87. The van der Waals surface area contributed by atoms with Crippen LogP contribution in [-0.4, -0.2) is 59.3 Å². The van der Waals surface area contributed by atoms with Gasteiger partial charge in [-0.15, -0.1) is 0 Å². The molecule has 0 bridgehead atoms. The third kappa shape index (κ3) is 35.8. The van der Waals surface area contributed by atoms with Gasteiger partial charge >= 0.3 is 11.9 Å². The van der Waals surface area contributed by atoms with Crippen LogP contribution < -0.4 is 10.6 Å². The van der Waals surface area contributed by atoms with E-state index >= 15 is 0 Å². The Balaban J connectivity index is 4.22. The van der Waals surface area contributed by atoms with Gasteiger partial charge in [-0.3, -0.25) is 14.4 Å². The molecule has 0 saturated carbocycles. The SMILES string of the molecule is CC/C=C\C/C=C\C/C=C\C(CCCCCCC(=O)NCC(=O)NC(CO)C(=O)O)OC(=O)CCCCCCCCCCCCCCCCCCCC. The van der Waals surface area contributed by atoms with E-state index in [1.54, 1.807) is 0 Å². The fraction of sp³-hybridized carbons (Fsp3) is 0.773. The number of aliphatic carboxylic acids is 1. The second-order valence-corrected chi connectivity index (χ2v) is 14.4. The van der Waals surface area contributed by atoms with Gasteiger partial charge in [0.1, 0.15) is 12.1 Å². The number of carboxylic acids is 1. The zero-order chi connectivity index (χ0) is 39.0. The van der Waals surface area contributed by atoms with E-state index < -0.39 is 24.5 Å². The predicted octanol–water partition coefficient (Wildman–Crippen LogP) is 10.2. The largest absolute Gasteiger partial charge is 0.480 e. The molecular formula is C44H78N2O7. The summed E-state index contributed by atoms with van der Waals surface area (Å²) in [6.45, 7) is 3.33. The van der Waals surface area contributed by atoms with Crippen molar-refractivity contribution in [2.24, 2.45) is 0 Å². The molecule has 0 aromatic rings. The molecule has 0 saturated heterocycles. The number of rotatable bonds is 38. The number of aliphatic hydroxyl groups excluding tert-OH is 1. The van der Waals surface area contributed by atoms with Crippen molar-refractivity contribution in [3.8, 4) is 0 Å². The number of aliphatic hydroxyl groups is 1. The topological polar surface area (TPSA) is 142 Å². The van der Waals surface area contributed by atoms with Crippen molar-refractivity contribution >= 4 is 23.8 Å². The van der Waals surface area contributed by atoms with Gasteiger partial charge in [0.15, 0.2) is 0 Å². The van der Waals surface area contributed by atoms with Crippen LogP contribution in [0.4, 0.5) is 0 Å². The Morgan fingerprint density at radius 3 is 1.57 bits per heavy atom. The van der Waals surface area contributed by atoms with Crippen molar-refractivity contribution in [1.29, 1.82) is 0 Å². The lowest BCUT2D eigenvalue weighted by molar-refractivity contribution is -0.147. The molecule has 2 atom stereocenters. The number of esters is 1. The number of carbonyl (C=O) groups excluding carboxylic acids is 3. The van der Waals surface area contributed by atoms with E-state index in [1.807, 2.05) is 6.08 Å². The van der Waals surface area contributed by atoms with Crippen LogP contribution in [0.3, 0.4) is 0 Å². The first-order valence-corrected chi connectivity index (χ1v) is 21.4. The third-order valence-electron chi connectivity index (χ3n) is 9.39. The van der Waals surface area contributed by atoms with Crippen LogP contribution in [0.1, 0.15) is 194 Å². The van der Waals surface area contributed by atoms with Gasteiger partial charge < -0.3 is 25.6 Å². The minimum absolute atomic E-state index is 0.134. The summed E-state index contributed by atoms with van der Waals surface area (Å²) in [5.41, 5.74) is 0. The summed E-state index contributed by atoms with van der Waals surface area (Å²) in [7, 11) is 0. The number of carbonyl (C=O) groups is 4. The maximum Gasteiger partial charge on any atom is 0.328 e. The van der Waals surface area contributed by atoms with Gasteiger partial charge in [-0.25, -0.2) is 4.79 Å². The highest BCUT2D eigenvalue weighted by atomic mass is 16.5. The molecule has 0 aliphatic rings. The summed E-state index contributed by atoms with van der Waals surface area (Å²) in [5.74, 6) is -2.43. The van der Waals surface area contributed by atoms with Crippen LogP contribution in [0.5, 0.6) is 0 Å². The molecule has 0 rings (SSSR count). The zero-order valence-corrected chi connectivity index (χ0v) is 33.8. The lowest BCUT2D eigenvalue weighted by Gasteiger charge is -2.15. The number of ether oxygens (including phenoxy) is 1. The van der Waals surface area contributed by atoms with Crippen LogP contribution in [-0.2, 0) is 23.9 Å². The van der Waals surface area contributed by atoms with Crippen molar-refractivity contribution in [1.82, 2.24) is 10.6 Å². The number of amides is 2. The Labute approximate surface area is 323 Å². The van der Waals surface area contributed by atoms with Crippen LogP contribution in [0.2, 0.25) is 0 Å². The van der Waals surface area contributed by atoms with Gasteiger partial charge in [-0.1, -0.05) is 166 Å². The fourth-order valence-electron chi connectivity index (χ4n) is 6.12. The predicted molar refractivity (Wildman–Crippen MR) is 218 cm³/mol. The lowest BCUT2D eigenvalue weighted by atomic mass is 10.0. The number of nitrogens with one attached hydrogen (secondary N) is 2. The normalized spacial score (nSPS) is 12.8. The van der Waals surface area contributed by atoms with E-state index in [0.29, 0.717) is 12.8 Å². The minimum Gasteiger partial charge on any atom is -0.480 e. The summed E-state index contributed by atoms with van der Waals surface area (Å²) in [4.78, 5) is 47.5. The Kier molecular flexibility index (Phi) is 36.6. The van der Waals surface area contributed by atoms with Crippen LogP contribution >= 0.6 is 0 Å². The van der Waals surface area contributed by atoms with Crippen molar-refractivity contribution < 1.29 is 34.1 Å². The summed E-state index contributed by atoms with van der Waals surface area (Å²) < 4.78 is 5.88. The Bertz CT molecular complexity index is 994.